The Morgan fingerprint density at radius 2 is 2.23 bits per heavy atom. The van der Waals surface area contributed by atoms with Gasteiger partial charge in [0.1, 0.15) is 18.3 Å². The number of aliphatic imine (C=N–C) groups is 1. The highest BCUT2D eigenvalue weighted by Crippen LogP contribution is 2.34. The van der Waals surface area contributed by atoms with Crippen molar-refractivity contribution >= 4 is 12.0 Å². The van der Waals surface area contributed by atoms with Crippen molar-refractivity contribution in [1.29, 1.82) is 0 Å². The molecule has 0 saturated carbocycles. The van der Waals surface area contributed by atoms with Crippen molar-refractivity contribution in [2.75, 3.05) is 5.01 Å². The molecule has 0 spiro atoms. The molecule has 0 radical (unpaired) electrons. The lowest BCUT2D eigenvalue weighted by Gasteiger charge is -2.24. The van der Waals surface area contributed by atoms with Crippen molar-refractivity contribution in [1.82, 2.24) is 5.43 Å². The van der Waals surface area contributed by atoms with Crippen molar-refractivity contribution in [2.45, 2.75) is 0 Å². The van der Waals surface area contributed by atoms with Gasteiger partial charge in [0.15, 0.2) is 11.6 Å². The Morgan fingerprint density at radius 1 is 1.31 bits per heavy atom. The normalized spacial score (nSPS) is 16.9. The molecule has 1 aromatic carbocycles. The smallest absolute Gasteiger partial charge is 0.189 e. The van der Waals surface area contributed by atoms with Gasteiger partial charge in [0.25, 0.3) is 0 Å². The highest BCUT2D eigenvalue weighted by molar-refractivity contribution is 5.73. The summed E-state index contributed by atoms with van der Waals surface area (Å²) in [4.78, 5) is 4.08. The molecule has 0 unspecified atom stereocenters. The van der Waals surface area contributed by atoms with E-state index in [-0.39, 0.29) is 0 Å². The molecule has 4 nitrogen and oxygen atoms in total. The summed E-state index contributed by atoms with van der Waals surface area (Å²) >= 11 is 0. The maximum absolute atomic E-state index is 5.38. The lowest BCUT2D eigenvalue weighted by molar-refractivity contribution is 0.460. The number of hydrazine groups is 1. The molecule has 64 valence electrons. The summed E-state index contributed by atoms with van der Waals surface area (Å²) in [5.41, 5.74) is 3.99. The molecule has 4 heteroatoms. The number of nitrogens with one attached hydrogen (secondary N) is 1. The Kier molecular flexibility index (Phi) is 1.14. The predicted octanol–water partition coefficient (Wildman–Crippen LogP) is 1.23. The van der Waals surface area contributed by atoms with Crippen LogP contribution in [0.3, 0.4) is 0 Å². The van der Waals surface area contributed by atoms with Crippen LogP contribution < -0.4 is 15.2 Å². The average molecular weight is 173 g/mol. The minimum atomic E-state index is 0.777. The second kappa shape index (κ2) is 2.26. The number of nitrogens with zero attached hydrogens (tertiary/aromatic N) is 2. The molecule has 0 fully saturated rings. The molecule has 13 heavy (non-hydrogen) atoms. The molecule has 0 bridgehead atoms. The predicted molar refractivity (Wildman–Crippen MR) is 49.3 cm³/mol. The number of hydrogen-bond donors (Lipinski definition) is 1. The van der Waals surface area contributed by atoms with E-state index in [1.165, 1.54) is 0 Å². The molecular weight excluding hydrogens is 166 g/mol. The summed E-state index contributed by atoms with van der Waals surface area (Å²) < 4.78 is 5.38. The molecule has 0 atom stereocenters. The molecule has 0 aliphatic carbocycles. The van der Waals surface area contributed by atoms with Gasteiger partial charge in [0.2, 0.25) is 0 Å². The van der Waals surface area contributed by atoms with E-state index in [1.807, 2.05) is 29.3 Å². The van der Waals surface area contributed by atoms with Crippen LogP contribution in [0.25, 0.3) is 0 Å². The van der Waals surface area contributed by atoms with Crippen molar-refractivity contribution in [3.63, 3.8) is 0 Å². The second-order valence-electron chi connectivity index (χ2n) is 2.78. The molecule has 2 heterocycles. The van der Waals surface area contributed by atoms with Crippen molar-refractivity contribution in [3.8, 4) is 5.75 Å². The van der Waals surface area contributed by atoms with Crippen molar-refractivity contribution in [2.24, 2.45) is 4.99 Å². The van der Waals surface area contributed by atoms with Crippen LogP contribution in [-0.2, 0) is 0 Å². The van der Waals surface area contributed by atoms with Gasteiger partial charge < -0.3 is 4.74 Å². The van der Waals surface area contributed by atoms with Crippen LogP contribution >= 0.6 is 0 Å². The van der Waals surface area contributed by atoms with E-state index in [0.717, 1.165) is 17.3 Å². The third kappa shape index (κ3) is 0.823. The Bertz CT molecular complexity index is 411. The zero-order valence-corrected chi connectivity index (χ0v) is 6.77. The maximum Gasteiger partial charge on any atom is 0.189 e. The topological polar surface area (TPSA) is 36.9 Å². The molecule has 2 aliphatic heterocycles. The van der Waals surface area contributed by atoms with Crippen LogP contribution in [0.4, 0.5) is 5.69 Å². The van der Waals surface area contributed by atoms with Crippen molar-refractivity contribution in [3.05, 3.63) is 36.3 Å². The summed E-state index contributed by atoms with van der Waals surface area (Å²) in [6.07, 6.45) is 3.26. The lowest BCUT2D eigenvalue weighted by atomic mass is 10.2. The van der Waals surface area contributed by atoms with Crippen LogP contribution in [0.15, 0.2) is 41.3 Å². The number of hydrogen-bond acceptors (Lipinski definition) is 4. The van der Waals surface area contributed by atoms with E-state index in [1.54, 1.807) is 12.6 Å². The van der Waals surface area contributed by atoms with Gasteiger partial charge in [-0.25, -0.2) is 10.0 Å². The van der Waals surface area contributed by atoms with Gasteiger partial charge in [-0.2, -0.15) is 0 Å². The first kappa shape index (κ1) is 6.54. The minimum Gasteiger partial charge on any atom is -0.459 e. The fourth-order valence-electron chi connectivity index (χ4n) is 1.41. The highest BCUT2D eigenvalue weighted by atomic mass is 16.5. The Labute approximate surface area is 75.1 Å². The lowest BCUT2D eigenvalue weighted by Crippen LogP contribution is -2.32. The molecule has 0 amide bonds. The highest BCUT2D eigenvalue weighted by Gasteiger charge is 2.22. The van der Waals surface area contributed by atoms with Crippen LogP contribution in [0, 0.1) is 0 Å². The maximum atomic E-state index is 5.38. The molecule has 2 aliphatic rings. The molecule has 0 aromatic heterocycles. The van der Waals surface area contributed by atoms with E-state index in [9.17, 15) is 0 Å². The third-order valence-corrected chi connectivity index (χ3v) is 2.01. The molecular formula is C9H7N3O. The Morgan fingerprint density at radius 3 is 3.23 bits per heavy atom. The van der Waals surface area contributed by atoms with E-state index in [4.69, 9.17) is 4.74 Å². The Balaban J connectivity index is 2.14. The molecule has 0 saturated heterocycles. The van der Waals surface area contributed by atoms with Gasteiger partial charge in [0.05, 0.1) is 0 Å². The monoisotopic (exact) mass is 173 g/mol. The molecule has 1 N–H and O–H groups in total. The fraction of sp³-hybridized carbons (Fsp3) is 0. The number of anilines is 1. The number of para-hydroxylation sites is 2. The first-order valence-corrected chi connectivity index (χ1v) is 4.00. The summed E-state index contributed by atoms with van der Waals surface area (Å²) in [6.45, 7) is 0. The number of fused-ring (bicyclic) bond motifs is 3. The molecule has 3 rings (SSSR count). The zero-order valence-electron chi connectivity index (χ0n) is 6.77. The van der Waals surface area contributed by atoms with E-state index in [2.05, 4.69) is 10.4 Å². The van der Waals surface area contributed by atoms with E-state index < -0.39 is 0 Å². The van der Waals surface area contributed by atoms with Crippen LogP contribution in [0.5, 0.6) is 5.75 Å². The molecule has 1 aromatic rings. The van der Waals surface area contributed by atoms with Crippen LogP contribution in [0.1, 0.15) is 0 Å². The number of ether oxygens (including phenoxy) is 1. The SMILES string of the molecule is C1=NC2=COc3ccccc3N2N1. The van der Waals surface area contributed by atoms with Gasteiger partial charge in [-0.3, -0.25) is 5.43 Å². The van der Waals surface area contributed by atoms with Gasteiger partial charge >= 0.3 is 0 Å². The summed E-state index contributed by atoms with van der Waals surface area (Å²) in [7, 11) is 0. The van der Waals surface area contributed by atoms with Crippen LogP contribution in [-0.4, -0.2) is 6.34 Å². The van der Waals surface area contributed by atoms with E-state index in [0.29, 0.717) is 0 Å². The number of rotatable bonds is 0. The first-order valence-electron chi connectivity index (χ1n) is 4.00. The third-order valence-electron chi connectivity index (χ3n) is 2.01. The zero-order chi connectivity index (χ0) is 8.67. The number of benzene rings is 1. The van der Waals surface area contributed by atoms with E-state index >= 15 is 0 Å². The summed E-state index contributed by atoms with van der Waals surface area (Å²) in [6, 6.07) is 7.80. The van der Waals surface area contributed by atoms with Crippen LogP contribution in [0.2, 0.25) is 0 Å². The minimum absolute atomic E-state index is 0.777. The first-order chi connectivity index (χ1) is 6.45. The van der Waals surface area contributed by atoms with Crippen molar-refractivity contribution < 1.29 is 4.74 Å². The fourth-order valence-corrected chi connectivity index (χ4v) is 1.41. The summed E-state index contributed by atoms with van der Waals surface area (Å²) in [5, 5.41) is 1.87. The van der Waals surface area contributed by atoms with Gasteiger partial charge in [-0.15, -0.1) is 0 Å². The van der Waals surface area contributed by atoms with Gasteiger partial charge in [0, 0.05) is 0 Å². The standard InChI is InChI=1S/C9H7N3O/c1-2-4-8-7(3-1)12-9(5-13-8)10-6-11-12/h1-6H,(H,10,11). The quantitative estimate of drug-likeness (QED) is 0.641. The summed E-state index contributed by atoms with van der Waals surface area (Å²) in [5.74, 6) is 1.61. The van der Waals surface area contributed by atoms with Gasteiger partial charge in [-0.05, 0) is 12.1 Å². The Hall–Kier alpha value is -1.97. The second-order valence-corrected chi connectivity index (χ2v) is 2.78. The average Bonchev–Trinajstić information content (AvgIpc) is 2.65. The van der Waals surface area contributed by atoms with Gasteiger partial charge in [-0.1, -0.05) is 12.1 Å². The largest absolute Gasteiger partial charge is 0.459 e.